The van der Waals surface area contributed by atoms with E-state index in [1.54, 1.807) is 14.2 Å². The van der Waals surface area contributed by atoms with E-state index in [1.807, 2.05) is 55.5 Å². The van der Waals surface area contributed by atoms with Crippen LogP contribution in [0.5, 0.6) is 17.2 Å². The number of methoxy groups -OCH3 is 2. The predicted octanol–water partition coefficient (Wildman–Crippen LogP) is 4.77. The van der Waals surface area contributed by atoms with Crippen LogP contribution in [0.2, 0.25) is 0 Å². The third-order valence-corrected chi connectivity index (χ3v) is 5.25. The molecule has 3 rings (SSSR count). The van der Waals surface area contributed by atoms with Gasteiger partial charge in [0.25, 0.3) is 5.91 Å². The summed E-state index contributed by atoms with van der Waals surface area (Å²) in [5.74, 6) is 1.90. The smallest absolute Gasteiger partial charge is 0.264 e. The van der Waals surface area contributed by atoms with Crippen LogP contribution in [0, 0.1) is 0 Å². The first-order valence-electron chi connectivity index (χ1n) is 9.30. The highest BCUT2D eigenvalue weighted by Crippen LogP contribution is 2.33. The summed E-state index contributed by atoms with van der Waals surface area (Å²) >= 11 is 1.30. The molecule has 0 radical (unpaired) electrons. The molecular weight excluding hydrogens is 388 g/mol. The van der Waals surface area contributed by atoms with Crippen molar-refractivity contribution in [2.24, 2.45) is 4.99 Å². The number of carbonyl (C=O) groups excluding carboxylic acids is 1. The van der Waals surface area contributed by atoms with Gasteiger partial charge in [-0.2, -0.15) is 0 Å². The maximum Gasteiger partial charge on any atom is 0.264 e. The lowest BCUT2D eigenvalue weighted by Crippen LogP contribution is -2.19. The summed E-state index contributed by atoms with van der Waals surface area (Å²) in [6, 6.07) is 12.9. The highest BCUT2D eigenvalue weighted by Gasteiger charge is 2.24. The number of hydrogen-bond donors (Lipinski definition) is 1. The van der Waals surface area contributed by atoms with E-state index >= 15 is 0 Å². The lowest BCUT2D eigenvalue weighted by molar-refractivity contribution is -0.115. The molecule has 0 aromatic heterocycles. The highest BCUT2D eigenvalue weighted by atomic mass is 32.2. The Bertz CT molecular complexity index is 938. The van der Waals surface area contributed by atoms with Gasteiger partial charge in [-0.1, -0.05) is 13.0 Å². The zero-order valence-corrected chi connectivity index (χ0v) is 17.7. The number of carbonyl (C=O) groups is 1. The van der Waals surface area contributed by atoms with Crippen LogP contribution < -0.4 is 19.5 Å². The van der Waals surface area contributed by atoms with Gasteiger partial charge in [0.1, 0.15) is 5.75 Å². The second-order valence-corrected chi connectivity index (χ2v) is 7.46. The van der Waals surface area contributed by atoms with E-state index in [1.165, 1.54) is 11.8 Å². The summed E-state index contributed by atoms with van der Waals surface area (Å²) in [5, 5.41) is 3.33. The standard InChI is InChI=1S/C22H24N2O4S/c1-5-14(2)28-18-11-6-15(12-19(18)27-4)13-20-21(25)24-22(29-20)23-16-7-9-17(26-3)10-8-16/h6-14H,5H2,1-4H3,(H,23,24,25)/b20-13+/t14-/m1/s1. The van der Waals surface area contributed by atoms with E-state index in [0.717, 1.165) is 23.4 Å². The third-order valence-electron chi connectivity index (χ3n) is 4.34. The van der Waals surface area contributed by atoms with E-state index in [9.17, 15) is 4.79 Å². The number of aliphatic imine (C=N–C) groups is 1. The van der Waals surface area contributed by atoms with Gasteiger partial charge in [0.2, 0.25) is 0 Å². The zero-order valence-electron chi connectivity index (χ0n) is 16.9. The Hall–Kier alpha value is -2.93. The Morgan fingerprint density at radius 2 is 1.86 bits per heavy atom. The Balaban J connectivity index is 1.77. The Labute approximate surface area is 175 Å². The maximum atomic E-state index is 12.3. The third kappa shape index (κ3) is 5.32. The van der Waals surface area contributed by atoms with Crippen LogP contribution in [0.1, 0.15) is 25.8 Å². The second kappa shape index (κ2) is 9.52. The number of thioether (sulfide) groups is 1. The van der Waals surface area contributed by atoms with Crippen molar-refractivity contribution in [3.05, 3.63) is 52.9 Å². The summed E-state index contributed by atoms with van der Waals surface area (Å²) < 4.78 is 16.5. The largest absolute Gasteiger partial charge is 0.497 e. The van der Waals surface area contributed by atoms with Crippen LogP contribution in [-0.2, 0) is 4.79 Å². The summed E-state index contributed by atoms with van der Waals surface area (Å²) in [6.07, 6.45) is 2.81. The molecule has 1 N–H and O–H groups in total. The molecule has 0 aliphatic carbocycles. The van der Waals surface area contributed by atoms with Crippen molar-refractivity contribution >= 4 is 34.6 Å². The number of amidine groups is 1. The number of rotatable bonds is 7. The molecule has 152 valence electrons. The van der Waals surface area contributed by atoms with Crippen LogP contribution in [0.15, 0.2) is 52.4 Å². The molecule has 29 heavy (non-hydrogen) atoms. The van der Waals surface area contributed by atoms with Crippen LogP contribution in [0.4, 0.5) is 5.69 Å². The molecule has 1 fully saturated rings. The summed E-state index contributed by atoms with van der Waals surface area (Å²) in [4.78, 5) is 17.4. The Morgan fingerprint density at radius 1 is 1.10 bits per heavy atom. The fraction of sp³-hybridized carbons (Fsp3) is 0.273. The molecular formula is C22H24N2O4S. The zero-order chi connectivity index (χ0) is 20.8. The van der Waals surface area contributed by atoms with Crippen LogP contribution >= 0.6 is 11.8 Å². The minimum Gasteiger partial charge on any atom is -0.497 e. The van der Waals surface area contributed by atoms with E-state index in [0.29, 0.717) is 21.6 Å². The summed E-state index contributed by atoms with van der Waals surface area (Å²) in [7, 11) is 3.22. The number of nitrogens with one attached hydrogen (secondary N) is 1. The molecule has 1 saturated heterocycles. The first-order valence-corrected chi connectivity index (χ1v) is 10.1. The maximum absolute atomic E-state index is 12.3. The molecule has 1 atom stereocenters. The van der Waals surface area contributed by atoms with Gasteiger partial charge < -0.3 is 19.5 Å². The Kier molecular flexibility index (Phi) is 6.82. The van der Waals surface area contributed by atoms with Crippen LogP contribution in [-0.4, -0.2) is 31.4 Å². The second-order valence-electron chi connectivity index (χ2n) is 6.43. The molecule has 2 aromatic rings. The van der Waals surface area contributed by atoms with Crippen molar-refractivity contribution < 1.29 is 19.0 Å². The van der Waals surface area contributed by atoms with Gasteiger partial charge in [-0.15, -0.1) is 0 Å². The average Bonchev–Trinajstić information content (AvgIpc) is 3.08. The topological polar surface area (TPSA) is 69.2 Å². The number of benzene rings is 2. The molecule has 1 amide bonds. The molecule has 0 bridgehead atoms. The lowest BCUT2D eigenvalue weighted by Gasteiger charge is -2.15. The van der Waals surface area contributed by atoms with Crippen molar-refractivity contribution in [3.8, 4) is 17.2 Å². The van der Waals surface area contributed by atoms with Crippen LogP contribution in [0.3, 0.4) is 0 Å². The molecule has 6 nitrogen and oxygen atoms in total. The fourth-order valence-corrected chi connectivity index (χ4v) is 3.42. The number of amides is 1. The normalized spacial score (nSPS) is 17.3. The monoisotopic (exact) mass is 412 g/mol. The van der Waals surface area contributed by atoms with E-state index < -0.39 is 0 Å². The van der Waals surface area contributed by atoms with Crippen molar-refractivity contribution in [1.82, 2.24) is 5.32 Å². The van der Waals surface area contributed by atoms with Crippen LogP contribution in [0.25, 0.3) is 6.08 Å². The van der Waals surface area contributed by atoms with Crippen molar-refractivity contribution in [2.75, 3.05) is 14.2 Å². The van der Waals surface area contributed by atoms with E-state index in [2.05, 4.69) is 17.2 Å². The molecule has 2 aromatic carbocycles. The Morgan fingerprint density at radius 3 is 2.52 bits per heavy atom. The molecule has 1 aliphatic rings. The molecule has 1 heterocycles. The van der Waals surface area contributed by atoms with Crippen molar-refractivity contribution in [3.63, 3.8) is 0 Å². The number of hydrogen-bond acceptors (Lipinski definition) is 6. The molecule has 1 aliphatic heterocycles. The number of ether oxygens (including phenoxy) is 3. The van der Waals surface area contributed by atoms with Gasteiger partial charge in [-0.05, 0) is 73.1 Å². The molecule has 0 spiro atoms. The van der Waals surface area contributed by atoms with Crippen molar-refractivity contribution in [2.45, 2.75) is 26.4 Å². The highest BCUT2D eigenvalue weighted by molar-refractivity contribution is 8.18. The van der Waals surface area contributed by atoms with E-state index in [4.69, 9.17) is 14.2 Å². The minimum absolute atomic E-state index is 0.0981. The first kappa shape index (κ1) is 20.8. The van der Waals surface area contributed by atoms with Gasteiger partial charge in [0.15, 0.2) is 16.7 Å². The quantitative estimate of drug-likeness (QED) is 0.663. The van der Waals surface area contributed by atoms with Gasteiger partial charge in [0.05, 0.1) is 30.9 Å². The minimum atomic E-state index is -0.179. The summed E-state index contributed by atoms with van der Waals surface area (Å²) in [6.45, 7) is 4.08. The molecule has 7 heteroatoms. The number of nitrogens with zero attached hydrogens (tertiary/aromatic N) is 1. The summed E-state index contributed by atoms with van der Waals surface area (Å²) in [5.41, 5.74) is 1.59. The first-order chi connectivity index (χ1) is 14.0. The van der Waals surface area contributed by atoms with Crippen molar-refractivity contribution in [1.29, 1.82) is 0 Å². The van der Waals surface area contributed by atoms with Gasteiger partial charge in [-0.3, -0.25) is 4.79 Å². The molecule has 0 unspecified atom stereocenters. The molecule has 0 saturated carbocycles. The van der Waals surface area contributed by atoms with Gasteiger partial charge in [-0.25, -0.2) is 4.99 Å². The predicted molar refractivity (Wildman–Crippen MR) is 117 cm³/mol. The van der Waals surface area contributed by atoms with Gasteiger partial charge >= 0.3 is 0 Å². The van der Waals surface area contributed by atoms with E-state index in [-0.39, 0.29) is 12.0 Å². The fourth-order valence-electron chi connectivity index (χ4n) is 2.58. The lowest BCUT2D eigenvalue weighted by atomic mass is 10.2. The average molecular weight is 413 g/mol. The SMILES string of the molecule is CC[C@@H](C)Oc1ccc(/C=C2/SC(=Nc3ccc(OC)cc3)NC2=O)cc1OC. The van der Waals surface area contributed by atoms with Gasteiger partial charge in [0, 0.05) is 0 Å².